The lowest BCUT2D eigenvalue weighted by Gasteiger charge is -2.47. The topological polar surface area (TPSA) is 88.7 Å². The molecule has 2 aromatic heterocycles. The molecule has 0 unspecified atom stereocenters. The number of likely N-dealkylation sites (tertiary alicyclic amines) is 1. The van der Waals surface area contributed by atoms with E-state index < -0.39 is 0 Å². The minimum Gasteiger partial charge on any atom is -0.353 e. The molecule has 0 radical (unpaired) electrons. The molecular weight excluding hydrogens is 526 g/mol. The van der Waals surface area contributed by atoms with Crippen molar-refractivity contribution in [3.63, 3.8) is 0 Å². The number of benzene rings is 1. The molecule has 0 bridgehead atoms. The first-order valence-corrected chi connectivity index (χ1v) is 14.8. The zero-order valence-corrected chi connectivity index (χ0v) is 23.7. The number of nitrogens with zero attached hydrogens (tertiary/aromatic N) is 6. The Kier molecular flexibility index (Phi) is 7.76. The molecule has 210 valence electrons. The van der Waals surface area contributed by atoms with Crippen molar-refractivity contribution in [1.82, 2.24) is 24.8 Å². The Balaban J connectivity index is 1.04. The number of piperidine rings is 1. The Morgan fingerprint density at radius 2 is 1.88 bits per heavy atom. The fraction of sp³-hybridized carbons (Fsp3) is 0.467. The van der Waals surface area contributed by atoms with Crippen LogP contribution in [0, 0.1) is 0 Å². The number of anilines is 2. The quantitative estimate of drug-likeness (QED) is 0.478. The zero-order chi connectivity index (χ0) is 27.6. The Bertz CT molecular complexity index is 1340. The second-order valence-electron chi connectivity index (χ2n) is 10.9. The van der Waals surface area contributed by atoms with Gasteiger partial charge in [0.05, 0.1) is 5.02 Å². The van der Waals surface area contributed by atoms with Gasteiger partial charge in [0, 0.05) is 93.2 Å². The van der Waals surface area contributed by atoms with Crippen LogP contribution in [0.1, 0.15) is 49.4 Å². The Labute approximate surface area is 240 Å². The number of aromatic amines is 1. The maximum absolute atomic E-state index is 13.2. The fourth-order valence-corrected chi connectivity index (χ4v) is 6.70. The molecule has 1 N–H and O–H groups in total. The molecule has 3 aliphatic heterocycles. The standard InChI is InChI=1S/C30H36ClN7O2/c1-2-23-20-36(29-26(31)18-22(19-34-29)28-32-11-12-33-28)16-17-37(23)25-9-14-35(15-10-25)30(40)21-5-7-24(8-6-21)38-13-3-4-27(38)39/h5-8,11-12,18-19,23,25H,2-4,9-10,13-17,20H2,1H3,(H,32,33)/t23-/m0/s1. The highest BCUT2D eigenvalue weighted by Gasteiger charge is 2.35. The van der Waals surface area contributed by atoms with Crippen LogP contribution in [0.3, 0.4) is 0 Å². The summed E-state index contributed by atoms with van der Waals surface area (Å²) in [7, 11) is 0. The van der Waals surface area contributed by atoms with Crippen LogP contribution in [0.2, 0.25) is 5.02 Å². The normalized spacial score (nSPS) is 20.9. The van der Waals surface area contributed by atoms with Gasteiger partial charge in [0.1, 0.15) is 11.6 Å². The molecule has 0 saturated carbocycles. The van der Waals surface area contributed by atoms with Crippen molar-refractivity contribution in [1.29, 1.82) is 0 Å². The first kappa shape index (κ1) is 26.8. The first-order chi connectivity index (χ1) is 19.5. The van der Waals surface area contributed by atoms with Gasteiger partial charge in [-0.3, -0.25) is 14.5 Å². The molecule has 40 heavy (non-hydrogen) atoms. The fourth-order valence-electron chi connectivity index (χ4n) is 6.41. The van der Waals surface area contributed by atoms with E-state index in [1.165, 1.54) is 0 Å². The van der Waals surface area contributed by atoms with E-state index >= 15 is 0 Å². The number of rotatable bonds is 6. The van der Waals surface area contributed by atoms with Gasteiger partial charge in [-0.15, -0.1) is 0 Å². The predicted molar refractivity (Wildman–Crippen MR) is 157 cm³/mol. The van der Waals surface area contributed by atoms with E-state index in [9.17, 15) is 9.59 Å². The van der Waals surface area contributed by atoms with Crippen LogP contribution < -0.4 is 9.80 Å². The predicted octanol–water partition coefficient (Wildman–Crippen LogP) is 4.46. The van der Waals surface area contributed by atoms with E-state index in [1.54, 1.807) is 12.4 Å². The van der Waals surface area contributed by atoms with E-state index in [1.807, 2.05) is 46.3 Å². The van der Waals surface area contributed by atoms with E-state index in [2.05, 4.69) is 26.7 Å². The van der Waals surface area contributed by atoms with Crippen molar-refractivity contribution in [2.75, 3.05) is 49.1 Å². The van der Waals surface area contributed by atoms with Gasteiger partial charge in [0.2, 0.25) is 5.91 Å². The van der Waals surface area contributed by atoms with Crippen molar-refractivity contribution in [3.05, 3.63) is 59.5 Å². The number of carbonyl (C=O) groups is 2. The summed E-state index contributed by atoms with van der Waals surface area (Å²) in [5, 5.41) is 0.643. The van der Waals surface area contributed by atoms with Crippen molar-refractivity contribution >= 4 is 34.9 Å². The van der Waals surface area contributed by atoms with Crippen molar-refractivity contribution < 1.29 is 9.59 Å². The minimum atomic E-state index is 0.0771. The lowest BCUT2D eigenvalue weighted by Crippen LogP contribution is -2.58. The van der Waals surface area contributed by atoms with Crippen LogP contribution in [0.5, 0.6) is 0 Å². The smallest absolute Gasteiger partial charge is 0.253 e. The highest BCUT2D eigenvalue weighted by molar-refractivity contribution is 6.33. The number of amides is 2. The summed E-state index contributed by atoms with van der Waals surface area (Å²) in [6, 6.07) is 10.3. The maximum atomic E-state index is 13.2. The van der Waals surface area contributed by atoms with Crippen LogP contribution in [0.25, 0.3) is 11.4 Å². The largest absolute Gasteiger partial charge is 0.353 e. The van der Waals surface area contributed by atoms with E-state index in [-0.39, 0.29) is 11.8 Å². The summed E-state index contributed by atoms with van der Waals surface area (Å²) in [6.45, 7) is 7.22. The molecule has 10 heteroatoms. The number of aromatic nitrogens is 3. The molecule has 0 aliphatic carbocycles. The van der Waals surface area contributed by atoms with Crippen LogP contribution >= 0.6 is 11.6 Å². The van der Waals surface area contributed by atoms with Gasteiger partial charge in [-0.05, 0) is 56.0 Å². The molecule has 0 spiro atoms. The number of nitrogens with one attached hydrogen (secondary N) is 1. The summed E-state index contributed by atoms with van der Waals surface area (Å²) in [5.74, 6) is 1.83. The molecule has 1 atom stereocenters. The minimum absolute atomic E-state index is 0.0771. The molecule has 3 aliphatic rings. The van der Waals surface area contributed by atoms with Crippen molar-refractivity contribution in [2.45, 2.75) is 51.1 Å². The number of halogens is 1. The molecule has 3 saturated heterocycles. The second-order valence-corrected chi connectivity index (χ2v) is 11.3. The van der Waals surface area contributed by atoms with Crippen LogP contribution in [0.15, 0.2) is 48.9 Å². The number of pyridine rings is 1. The molecule has 3 fully saturated rings. The third kappa shape index (κ3) is 5.32. The van der Waals surface area contributed by atoms with Gasteiger partial charge >= 0.3 is 0 Å². The monoisotopic (exact) mass is 561 g/mol. The van der Waals surface area contributed by atoms with E-state index in [0.29, 0.717) is 29.1 Å². The van der Waals surface area contributed by atoms with Crippen LogP contribution in [-0.4, -0.2) is 87.9 Å². The second kappa shape index (κ2) is 11.6. The van der Waals surface area contributed by atoms with Crippen LogP contribution in [-0.2, 0) is 4.79 Å². The van der Waals surface area contributed by atoms with Crippen molar-refractivity contribution in [3.8, 4) is 11.4 Å². The SMILES string of the molecule is CC[C@H]1CN(c2ncc(-c3ncc[nH]3)cc2Cl)CCN1C1CCN(C(=O)c2ccc(N3CCCC3=O)cc2)CC1. The third-order valence-electron chi connectivity index (χ3n) is 8.61. The van der Waals surface area contributed by atoms with Gasteiger partial charge in [0.15, 0.2) is 0 Å². The summed E-state index contributed by atoms with van der Waals surface area (Å²) in [6.07, 6.45) is 9.83. The summed E-state index contributed by atoms with van der Waals surface area (Å²) >= 11 is 6.69. The highest BCUT2D eigenvalue weighted by atomic mass is 35.5. The highest BCUT2D eigenvalue weighted by Crippen LogP contribution is 2.31. The average molecular weight is 562 g/mol. The molecule has 9 nitrogen and oxygen atoms in total. The van der Waals surface area contributed by atoms with Crippen molar-refractivity contribution in [2.24, 2.45) is 0 Å². The van der Waals surface area contributed by atoms with Gasteiger partial charge in [-0.25, -0.2) is 9.97 Å². The average Bonchev–Trinajstić information content (AvgIpc) is 3.69. The summed E-state index contributed by atoms with van der Waals surface area (Å²) in [5.41, 5.74) is 2.45. The third-order valence-corrected chi connectivity index (χ3v) is 8.89. The van der Waals surface area contributed by atoms with Gasteiger partial charge in [-0.2, -0.15) is 0 Å². The number of piperazine rings is 1. The first-order valence-electron chi connectivity index (χ1n) is 14.4. The lowest BCUT2D eigenvalue weighted by atomic mass is 9.97. The number of carbonyl (C=O) groups excluding carboxylic acids is 2. The van der Waals surface area contributed by atoms with E-state index in [0.717, 1.165) is 87.8 Å². The zero-order valence-electron chi connectivity index (χ0n) is 22.9. The molecule has 6 rings (SSSR count). The lowest BCUT2D eigenvalue weighted by molar-refractivity contribution is -0.117. The molecule has 5 heterocycles. The number of hydrogen-bond donors (Lipinski definition) is 1. The molecule has 3 aromatic rings. The van der Waals surface area contributed by atoms with Crippen LogP contribution in [0.4, 0.5) is 11.5 Å². The van der Waals surface area contributed by atoms with Gasteiger partial charge in [0.25, 0.3) is 5.91 Å². The Morgan fingerprint density at radius 3 is 2.52 bits per heavy atom. The van der Waals surface area contributed by atoms with Gasteiger partial charge in [-0.1, -0.05) is 18.5 Å². The number of hydrogen-bond acceptors (Lipinski definition) is 6. The maximum Gasteiger partial charge on any atom is 0.253 e. The number of imidazole rings is 1. The molecular formula is C30H36ClN7O2. The van der Waals surface area contributed by atoms with Gasteiger partial charge < -0.3 is 19.7 Å². The van der Waals surface area contributed by atoms with E-state index in [4.69, 9.17) is 16.6 Å². The Morgan fingerprint density at radius 1 is 1.07 bits per heavy atom. The summed E-state index contributed by atoms with van der Waals surface area (Å²) < 4.78 is 0. The Hall–Kier alpha value is -3.43. The number of H-pyrrole nitrogens is 1. The summed E-state index contributed by atoms with van der Waals surface area (Å²) in [4.78, 5) is 46.1. The molecule has 2 amide bonds. The molecule has 1 aromatic carbocycles.